The highest BCUT2D eigenvalue weighted by Gasteiger charge is 2.38. The largest absolute Gasteiger partial charge is 0.490 e. The lowest BCUT2D eigenvalue weighted by Crippen LogP contribution is -2.23. The number of imidazole rings is 1. The van der Waals surface area contributed by atoms with Crippen LogP contribution in [0.25, 0.3) is 27.3 Å². The van der Waals surface area contributed by atoms with Gasteiger partial charge in [0.25, 0.3) is 0 Å². The standard InChI is InChI=1S/C25H24ClN3OS.C2HF3O2/c1-16(30)19-13-22(31-15-19)17-6-5-7-18(12-17)24-25(27-21-8-3-2-4-9-21)29-14-20(26)10-11-23(29)28-24;3-2(4,5)1(6)7/h5-7,10-15,21,27H,2-4,8-9H2,1H3;(H,6,7). The first kappa shape index (κ1) is 27.7. The van der Waals surface area contributed by atoms with Crippen molar-refractivity contribution in [2.75, 3.05) is 5.32 Å². The van der Waals surface area contributed by atoms with Crippen molar-refractivity contribution in [2.24, 2.45) is 0 Å². The lowest BCUT2D eigenvalue weighted by Gasteiger charge is -2.24. The summed E-state index contributed by atoms with van der Waals surface area (Å²) in [6.07, 6.45) is 3.04. The number of anilines is 1. The van der Waals surface area contributed by atoms with Gasteiger partial charge < -0.3 is 10.4 Å². The average Bonchev–Trinajstić information content (AvgIpc) is 3.51. The van der Waals surface area contributed by atoms with Crippen LogP contribution in [0.2, 0.25) is 5.02 Å². The van der Waals surface area contributed by atoms with Gasteiger partial charge in [0.2, 0.25) is 0 Å². The molecule has 1 aliphatic carbocycles. The van der Waals surface area contributed by atoms with Crippen LogP contribution in [0.15, 0.2) is 54.0 Å². The molecule has 1 aromatic carbocycles. The smallest absolute Gasteiger partial charge is 0.475 e. The zero-order valence-corrected chi connectivity index (χ0v) is 22.0. The molecule has 3 aromatic heterocycles. The van der Waals surface area contributed by atoms with Crippen LogP contribution >= 0.6 is 22.9 Å². The summed E-state index contributed by atoms with van der Waals surface area (Å²) in [4.78, 5) is 26.6. The molecular formula is C27H25ClF3N3O3S. The zero-order valence-electron chi connectivity index (χ0n) is 20.4. The Balaban J connectivity index is 0.000000426. The van der Waals surface area contributed by atoms with E-state index in [9.17, 15) is 18.0 Å². The van der Waals surface area contributed by atoms with Gasteiger partial charge in [-0.1, -0.05) is 49.1 Å². The van der Waals surface area contributed by atoms with Gasteiger partial charge in [0, 0.05) is 33.6 Å². The van der Waals surface area contributed by atoms with Crippen LogP contribution in [-0.2, 0) is 4.79 Å². The number of thiophene rings is 1. The van der Waals surface area contributed by atoms with Gasteiger partial charge in [-0.3, -0.25) is 9.20 Å². The number of fused-ring (bicyclic) bond motifs is 1. The molecule has 0 unspecified atom stereocenters. The van der Waals surface area contributed by atoms with Gasteiger partial charge in [0.1, 0.15) is 17.2 Å². The number of carbonyl (C=O) groups is 2. The fourth-order valence-electron chi connectivity index (χ4n) is 4.29. The average molecular weight is 564 g/mol. The topological polar surface area (TPSA) is 83.7 Å². The fraction of sp³-hybridized carbons (Fsp3) is 0.296. The molecule has 38 heavy (non-hydrogen) atoms. The Morgan fingerprint density at radius 3 is 2.42 bits per heavy atom. The molecule has 6 nitrogen and oxygen atoms in total. The molecular weight excluding hydrogens is 539 g/mol. The summed E-state index contributed by atoms with van der Waals surface area (Å²) in [5, 5.41) is 13.5. The van der Waals surface area contributed by atoms with Crippen molar-refractivity contribution in [3.8, 4) is 21.7 Å². The van der Waals surface area contributed by atoms with Gasteiger partial charge >= 0.3 is 12.1 Å². The summed E-state index contributed by atoms with van der Waals surface area (Å²) in [5.41, 5.74) is 4.70. The van der Waals surface area contributed by atoms with Crippen LogP contribution in [0.4, 0.5) is 19.0 Å². The van der Waals surface area contributed by atoms with E-state index < -0.39 is 12.1 Å². The van der Waals surface area contributed by atoms with E-state index in [4.69, 9.17) is 26.5 Å². The normalized spacial score (nSPS) is 14.1. The molecule has 5 rings (SSSR count). The number of aliphatic carboxylic acids is 1. The molecule has 200 valence electrons. The summed E-state index contributed by atoms with van der Waals surface area (Å²) in [6.45, 7) is 1.60. The first-order chi connectivity index (χ1) is 18.0. The second-order valence-electron chi connectivity index (χ2n) is 9.00. The van der Waals surface area contributed by atoms with Crippen molar-refractivity contribution < 1.29 is 27.9 Å². The molecule has 3 heterocycles. The maximum Gasteiger partial charge on any atom is 0.490 e. The Labute approximate surface area is 226 Å². The Kier molecular flexibility index (Phi) is 8.42. The summed E-state index contributed by atoms with van der Waals surface area (Å²) < 4.78 is 33.8. The number of nitrogens with one attached hydrogen (secondary N) is 1. The highest BCUT2D eigenvalue weighted by Crippen LogP contribution is 2.35. The van der Waals surface area contributed by atoms with Crippen LogP contribution in [0.5, 0.6) is 0 Å². The van der Waals surface area contributed by atoms with Crippen molar-refractivity contribution in [3.05, 3.63) is 64.6 Å². The van der Waals surface area contributed by atoms with E-state index in [1.165, 1.54) is 32.1 Å². The van der Waals surface area contributed by atoms with Gasteiger partial charge in [-0.2, -0.15) is 13.2 Å². The lowest BCUT2D eigenvalue weighted by molar-refractivity contribution is -0.192. The number of benzene rings is 1. The maximum atomic E-state index is 11.7. The Hall–Kier alpha value is -3.37. The summed E-state index contributed by atoms with van der Waals surface area (Å²) in [5.74, 6) is -1.67. The minimum absolute atomic E-state index is 0.0925. The monoisotopic (exact) mass is 563 g/mol. The number of aromatic nitrogens is 2. The molecule has 0 atom stereocenters. The fourth-order valence-corrected chi connectivity index (χ4v) is 5.40. The van der Waals surface area contributed by atoms with Crippen LogP contribution < -0.4 is 5.32 Å². The number of hydrogen-bond acceptors (Lipinski definition) is 5. The number of nitrogens with zero attached hydrogens (tertiary/aromatic N) is 2. The third kappa shape index (κ3) is 6.54. The van der Waals surface area contributed by atoms with Gasteiger partial charge in [0.15, 0.2) is 5.78 Å². The number of alkyl halides is 3. The number of carboxylic acid groups (broad SMARTS) is 1. The third-order valence-corrected chi connectivity index (χ3v) is 7.40. The number of carboxylic acids is 1. The predicted octanol–water partition coefficient (Wildman–Crippen LogP) is 7.96. The molecule has 0 amide bonds. The predicted molar refractivity (Wildman–Crippen MR) is 143 cm³/mol. The van der Waals surface area contributed by atoms with Crippen LogP contribution in [0.1, 0.15) is 49.4 Å². The van der Waals surface area contributed by atoms with E-state index in [0.717, 1.165) is 38.7 Å². The number of ketones is 1. The first-order valence-corrected chi connectivity index (χ1v) is 13.2. The van der Waals surface area contributed by atoms with Crippen molar-refractivity contribution in [3.63, 3.8) is 0 Å². The molecule has 1 fully saturated rings. The van der Waals surface area contributed by atoms with Gasteiger partial charge in [-0.15, -0.1) is 11.3 Å². The van der Waals surface area contributed by atoms with E-state index in [-0.39, 0.29) is 5.78 Å². The molecule has 4 aromatic rings. The summed E-state index contributed by atoms with van der Waals surface area (Å²) >= 11 is 7.91. The van der Waals surface area contributed by atoms with Crippen LogP contribution in [0.3, 0.4) is 0 Å². The minimum atomic E-state index is -5.08. The summed E-state index contributed by atoms with van der Waals surface area (Å²) in [7, 11) is 0. The second kappa shape index (κ2) is 11.6. The van der Waals surface area contributed by atoms with Crippen molar-refractivity contribution in [1.82, 2.24) is 9.38 Å². The number of hydrogen-bond donors (Lipinski definition) is 2. The molecule has 1 saturated carbocycles. The molecule has 0 spiro atoms. The van der Waals surface area contributed by atoms with Crippen molar-refractivity contribution in [1.29, 1.82) is 0 Å². The number of carbonyl (C=O) groups excluding carboxylic acids is 1. The second-order valence-corrected chi connectivity index (χ2v) is 10.4. The van der Waals surface area contributed by atoms with Crippen LogP contribution in [-0.4, -0.2) is 38.5 Å². The molecule has 1 aliphatic rings. The van der Waals surface area contributed by atoms with E-state index in [0.29, 0.717) is 11.1 Å². The van der Waals surface area contributed by atoms with E-state index in [2.05, 4.69) is 34.0 Å². The Morgan fingerprint density at radius 1 is 1.11 bits per heavy atom. The zero-order chi connectivity index (χ0) is 27.4. The van der Waals surface area contributed by atoms with Crippen molar-refractivity contribution in [2.45, 2.75) is 51.2 Å². The Morgan fingerprint density at radius 2 is 1.79 bits per heavy atom. The highest BCUT2D eigenvalue weighted by molar-refractivity contribution is 7.13. The Bertz CT molecular complexity index is 1460. The number of rotatable bonds is 5. The van der Waals surface area contributed by atoms with E-state index in [1.807, 2.05) is 29.8 Å². The molecule has 2 N–H and O–H groups in total. The molecule has 0 radical (unpaired) electrons. The number of pyridine rings is 1. The number of Topliss-reactive ketones (excluding diaryl/α,β-unsaturated/α-hetero) is 1. The molecule has 11 heteroatoms. The van der Waals surface area contributed by atoms with E-state index >= 15 is 0 Å². The lowest BCUT2D eigenvalue weighted by atomic mass is 9.95. The molecule has 0 aliphatic heterocycles. The van der Waals surface area contributed by atoms with Gasteiger partial charge in [-0.05, 0) is 49.6 Å². The van der Waals surface area contributed by atoms with Gasteiger partial charge in [0.05, 0.1) is 5.02 Å². The van der Waals surface area contributed by atoms with Crippen LogP contribution in [0, 0.1) is 0 Å². The highest BCUT2D eigenvalue weighted by atomic mass is 35.5. The van der Waals surface area contributed by atoms with Crippen molar-refractivity contribution >= 4 is 46.2 Å². The van der Waals surface area contributed by atoms with E-state index in [1.54, 1.807) is 18.3 Å². The number of halogens is 4. The molecule has 0 saturated heterocycles. The van der Waals surface area contributed by atoms with Gasteiger partial charge in [-0.25, -0.2) is 9.78 Å². The minimum Gasteiger partial charge on any atom is -0.475 e. The maximum absolute atomic E-state index is 11.7. The first-order valence-electron chi connectivity index (χ1n) is 12.0. The quantitative estimate of drug-likeness (QED) is 0.241. The SMILES string of the molecule is CC(=O)c1csc(-c2cccc(-c3nc4ccc(Cl)cn4c3NC3CCCCC3)c2)c1.O=C(O)C(F)(F)F. The third-order valence-electron chi connectivity index (χ3n) is 6.20. The molecule has 0 bridgehead atoms. The summed E-state index contributed by atoms with van der Waals surface area (Å²) in [6, 6.07) is 14.6.